The van der Waals surface area contributed by atoms with E-state index >= 15 is 0 Å². The summed E-state index contributed by atoms with van der Waals surface area (Å²) in [5.41, 5.74) is 1.45. The zero-order valence-corrected chi connectivity index (χ0v) is 16.0. The van der Waals surface area contributed by atoms with Gasteiger partial charge in [0.05, 0.1) is 5.69 Å². The van der Waals surface area contributed by atoms with E-state index in [9.17, 15) is 14.0 Å². The summed E-state index contributed by atoms with van der Waals surface area (Å²) in [6.45, 7) is 4.71. The van der Waals surface area contributed by atoms with Gasteiger partial charge in [0.1, 0.15) is 11.2 Å². The highest BCUT2D eigenvalue weighted by atomic mass is 19.1. The maximum Gasteiger partial charge on any atom is 0.240 e. The normalized spacial score (nSPS) is 17.9. The monoisotopic (exact) mass is 381 g/mol. The number of carbonyl (C=O) groups is 2. The first kappa shape index (κ1) is 18.5. The number of benzene rings is 2. The highest BCUT2D eigenvalue weighted by molar-refractivity contribution is 6.13. The number of hydrogen-bond donors (Lipinski definition) is 1. The quantitative estimate of drug-likeness (QED) is 0.828. The number of amides is 2. The zero-order valence-electron chi connectivity index (χ0n) is 16.0. The van der Waals surface area contributed by atoms with Gasteiger partial charge >= 0.3 is 0 Å². The maximum absolute atomic E-state index is 13.8. The molecular weight excluding hydrogens is 357 g/mol. The van der Waals surface area contributed by atoms with Crippen molar-refractivity contribution >= 4 is 23.2 Å². The van der Waals surface area contributed by atoms with Gasteiger partial charge in [-0.05, 0) is 49.6 Å². The molecule has 2 fully saturated rings. The molecule has 0 unspecified atom stereocenters. The molecule has 2 aromatic carbocycles. The molecule has 2 amide bonds. The Hall–Kier alpha value is -2.89. The number of para-hydroxylation sites is 1. The predicted molar refractivity (Wildman–Crippen MR) is 107 cm³/mol. The number of hydrogen-bond acceptors (Lipinski definition) is 3. The third-order valence-electron chi connectivity index (χ3n) is 5.65. The SMILES string of the molecule is Cc1cccc(N2CCN(C(=O)C3(C(=O)Nc4ccccc4F)CC3)CC2)c1. The van der Waals surface area contributed by atoms with Gasteiger partial charge in [-0.25, -0.2) is 4.39 Å². The van der Waals surface area contributed by atoms with Gasteiger partial charge in [0.15, 0.2) is 0 Å². The topological polar surface area (TPSA) is 52.7 Å². The van der Waals surface area contributed by atoms with E-state index in [4.69, 9.17) is 0 Å². The Bertz CT molecular complexity index is 902. The maximum atomic E-state index is 13.8. The number of halogens is 1. The molecular formula is C22H24FN3O2. The molecule has 1 N–H and O–H groups in total. The van der Waals surface area contributed by atoms with Crippen molar-refractivity contribution in [1.82, 2.24) is 4.90 Å². The van der Waals surface area contributed by atoms with Crippen molar-refractivity contribution < 1.29 is 14.0 Å². The van der Waals surface area contributed by atoms with Gasteiger partial charge in [-0.1, -0.05) is 24.3 Å². The number of nitrogens with zero attached hydrogens (tertiary/aromatic N) is 2. The highest BCUT2D eigenvalue weighted by Gasteiger charge is 2.58. The Morgan fingerprint density at radius 2 is 1.71 bits per heavy atom. The standard InChI is InChI=1S/C22H24FN3O2/c1-16-5-4-6-17(15-16)25-11-13-26(14-12-25)21(28)22(9-10-22)20(27)24-19-8-3-2-7-18(19)23/h2-8,15H,9-14H2,1H3,(H,24,27). The van der Waals surface area contributed by atoms with E-state index in [0.717, 1.165) is 18.8 Å². The molecule has 6 heteroatoms. The first-order valence-corrected chi connectivity index (χ1v) is 9.67. The Morgan fingerprint density at radius 3 is 2.36 bits per heavy atom. The molecule has 0 atom stereocenters. The Balaban J connectivity index is 1.39. The van der Waals surface area contributed by atoms with Crippen molar-refractivity contribution in [2.75, 3.05) is 36.4 Å². The van der Waals surface area contributed by atoms with Crippen molar-refractivity contribution in [3.8, 4) is 0 Å². The van der Waals surface area contributed by atoms with Crippen molar-refractivity contribution in [2.45, 2.75) is 19.8 Å². The molecule has 2 aliphatic rings. The van der Waals surface area contributed by atoms with E-state index in [2.05, 4.69) is 35.3 Å². The molecule has 0 radical (unpaired) electrons. The number of rotatable bonds is 4. The van der Waals surface area contributed by atoms with E-state index in [0.29, 0.717) is 25.9 Å². The largest absolute Gasteiger partial charge is 0.368 e. The second kappa shape index (κ2) is 7.26. The Labute approximate surface area is 164 Å². The summed E-state index contributed by atoms with van der Waals surface area (Å²) < 4.78 is 13.8. The number of piperazine rings is 1. The summed E-state index contributed by atoms with van der Waals surface area (Å²) in [5.74, 6) is -1.03. The fourth-order valence-electron chi connectivity index (χ4n) is 3.76. The van der Waals surface area contributed by atoms with E-state index in [-0.39, 0.29) is 11.6 Å². The molecule has 0 bridgehead atoms. The minimum Gasteiger partial charge on any atom is -0.368 e. The van der Waals surface area contributed by atoms with Crippen LogP contribution in [0, 0.1) is 18.2 Å². The fourth-order valence-corrected chi connectivity index (χ4v) is 3.76. The third-order valence-corrected chi connectivity index (χ3v) is 5.65. The molecule has 1 aliphatic heterocycles. The van der Waals surface area contributed by atoms with Crippen LogP contribution in [-0.2, 0) is 9.59 Å². The van der Waals surface area contributed by atoms with Crippen LogP contribution in [0.4, 0.5) is 15.8 Å². The van der Waals surface area contributed by atoms with Crippen LogP contribution < -0.4 is 10.2 Å². The number of nitrogens with one attached hydrogen (secondary N) is 1. The highest BCUT2D eigenvalue weighted by Crippen LogP contribution is 2.48. The molecule has 4 rings (SSSR count). The molecule has 0 aromatic heterocycles. The lowest BCUT2D eigenvalue weighted by Gasteiger charge is -2.37. The molecule has 1 aliphatic carbocycles. The third kappa shape index (κ3) is 3.46. The zero-order chi connectivity index (χ0) is 19.7. The van der Waals surface area contributed by atoms with Crippen LogP contribution >= 0.6 is 0 Å². The predicted octanol–water partition coefficient (Wildman–Crippen LogP) is 3.20. The van der Waals surface area contributed by atoms with Crippen LogP contribution in [-0.4, -0.2) is 42.9 Å². The summed E-state index contributed by atoms with van der Waals surface area (Å²) in [6.07, 6.45) is 1.04. The molecule has 1 heterocycles. The van der Waals surface area contributed by atoms with Gasteiger partial charge in [-0.15, -0.1) is 0 Å². The molecule has 5 nitrogen and oxygen atoms in total. The number of anilines is 2. The summed E-state index contributed by atoms with van der Waals surface area (Å²) in [5, 5.41) is 2.60. The van der Waals surface area contributed by atoms with Gasteiger partial charge in [0.2, 0.25) is 11.8 Å². The van der Waals surface area contributed by atoms with Gasteiger partial charge < -0.3 is 15.1 Å². The minimum atomic E-state index is -1.03. The Kier molecular flexibility index (Phi) is 4.79. The van der Waals surface area contributed by atoms with Crippen LogP contribution in [0.5, 0.6) is 0 Å². The average molecular weight is 381 g/mol. The van der Waals surface area contributed by atoms with E-state index in [1.165, 1.54) is 17.7 Å². The van der Waals surface area contributed by atoms with Gasteiger partial charge in [0, 0.05) is 31.9 Å². The molecule has 146 valence electrons. The van der Waals surface area contributed by atoms with Crippen LogP contribution in [0.1, 0.15) is 18.4 Å². The first-order chi connectivity index (χ1) is 13.5. The van der Waals surface area contributed by atoms with Crippen LogP contribution in [0.2, 0.25) is 0 Å². The summed E-state index contributed by atoms with van der Waals surface area (Å²) >= 11 is 0. The van der Waals surface area contributed by atoms with Gasteiger partial charge in [-0.2, -0.15) is 0 Å². The fraction of sp³-hybridized carbons (Fsp3) is 0.364. The smallest absolute Gasteiger partial charge is 0.240 e. The van der Waals surface area contributed by atoms with Crippen molar-refractivity contribution in [3.63, 3.8) is 0 Å². The lowest BCUT2D eigenvalue weighted by atomic mass is 10.0. The second-order valence-electron chi connectivity index (χ2n) is 7.63. The van der Waals surface area contributed by atoms with Crippen LogP contribution in [0.3, 0.4) is 0 Å². The number of aryl methyl sites for hydroxylation is 1. The summed E-state index contributed by atoms with van der Waals surface area (Å²) in [7, 11) is 0. The van der Waals surface area contributed by atoms with Gasteiger partial charge in [-0.3, -0.25) is 9.59 Å². The minimum absolute atomic E-state index is 0.121. The molecule has 28 heavy (non-hydrogen) atoms. The summed E-state index contributed by atoms with van der Waals surface area (Å²) in [6, 6.07) is 14.3. The van der Waals surface area contributed by atoms with Crippen molar-refractivity contribution in [1.29, 1.82) is 0 Å². The lowest BCUT2D eigenvalue weighted by Crippen LogP contribution is -2.52. The van der Waals surface area contributed by atoms with E-state index in [1.807, 2.05) is 6.07 Å². The van der Waals surface area contributed by atoms with Crippen molar-refractivity contribution in [2.24, 2.45) is 5.41 Å². The Morgan fingerprint density at radius 1 is 1.00 bits per heavy atom. The average Bonchev–Trinajstić information content (AvgIpc) is 3.51. The molecule has 0 spiro atoms. The lowest BCUT2D eigenvalue weighted by molar-refractivity contribution is -0.142. The first-order valence-electron chi connectivity index (χ1n) is 9.67. The molecule has 1 saturated carbocycles. The molecule has 2 aromatic rings. The molecule has 1 saturated heterocycles. The van der Waals surface area contributed by atoms with Crippen molar-refractivity contribution in [3.05, 3.63) is 59.9 Å². The van der Waals surface area contributed by atoms with E-state index in [1.54, 1.807) is 17.0 Å². The van der Waals surface area contributed by atoms with Crippen LogP contribution in [0.15, 0.2) is 48.5 Å². The second-order valence-corrected chi connectivity index (χ2v) is 7.63. The van der Waals surface area contributed by atoms with Crippen LogP contribution in [0.25, 0.3) is 0 Å². The van der Waals surface area contributed by atoms with Gasteiger partial charge in [0.25, 0.3) is 0 Å². The van der Waals surface area contributed by atoms with E-state index < -0.39 is 17.1 Å². The number of carbonyl (C=O) groups excluding carboxylic acids is 2. The summed E-state index contributed by atoms with van der Waals surface area (Å²) in [4.78, 5) is 29.8.